The Kier molecular flexibility index (Phi) is 4.72. The Hall–Kier alpha value is -1.64. The van der Waals surface area contributed by atoms with Crippen LogP contribution in [0.15, 0.2) is 60.7 Å². The minimum Gasteiger partial charge on any atom is -0.386 e. The number of hydrogen-bond donors (Lipinski definition) is 1. The summed E-state index contributed by atoms with van der Waals surface area (Å²) < 4.78 is 0. The largest absolute Gasteiger partial charge is 0.386 e. The Morgan fingerprint density at radius 3 is 1.84 bits per heavy atom. The van der Waals surface area contributed by atoms with Crippen LogP contribution in [0.5, 0.6) is 0 Å². The molecule has 0 aliphatic rings. The van der Waals surface area contributed by atoms with E-state index in [9.17, 15) is 5.11 Å². The summed E-state index contributed by atoms with van der Waals surface area (Å²) in [6, 6.07) is 20.0. The fraction of sp³-hybridized carbons (Fsp3) is 0.294. The Labute approximate surface area is 115 Å². The van der Waals surface area contributed by atoms with Crippen molar-refractivity contribution in [2.24, 2.45) is 0 Å². The van der Waals surface area contributed by atoms with E-state index in [1.54, 1.807) is 0 Å². The minimum absolute atomic E-state index is 0.0198. The molecule has 0 radical (unpaired) electrons. The van der Waals surface area contributed by atoms with Crippen molar-refractivity contribution < 1.29 is 5.11 Å². The van der Waals surface area contributed by atoms with Crippen molar-refractivity contribution in [1.29, 1.82) is 0 Å². The van der Waals surface area contributed by atoms with Gasteiger partial charge in [-0.25, -0.2) is 0 Å². The summed E-state index contributed by atoms with van der Waals surface area (Å²) in [5.41, 5.74) is 2.10. The van der Waals surface area contributed by atoms with Gasteiger partial charge >= 0.3 is 0 Å². The fourth-order valence-electron chi connectivity index (χ4n) is 2.36. The molecule has 0 aromatic heterocycles. The van der Waals surface area contributed by atoms with E-state index >= 15 is 0 Å². The van der Waals surface area contributed by atoms with E-state index in [0.717, 1.165) is 17.7 Å². The predicted octanol–water partition coefficient (Wildman–Crippen LogP) is 3.41. The smallest absolute Gasteiger partial charge is 0.0986 e. The van der Waals surface area contributed by atoms with Crippen molar-refractivity contribution in [2.75, 3.05) is 13.6 Å². The van der Waals surface area contributed by atoms with Crippen LogP contribution in [0.2, 0.25) is 0 Å². The van der Waals surface area contributed by atoms with E-state index in [1.165, 1.54) is 0 Å². The quantitative estimate of drug-likeness (QED) is 0.885. The standard InChI is InChI=1S/C17H21NO/c1-3-18(2)16(14-10-6-4-7-11-14)17(19)15-12-8-5-9-13-15/h4-13,16-17,19H,3H2,1-2H3/t16-,17-/m1/s1. The third-order valence-electron chi connectivity index (χ3n) is 3.55. The van der Waals surface area contributed by atoms with Gasteiger partial charge in [-0.3, -0.25) is 4.90 Å². The molecule has 0 spiro atoms. The highest BCUT2D eigenvalue weighted by molar-refractivity contribution is 5.26. The van der Waals surface area contributed by atoms with E-state index in [1.807, 2.05) is 55.6 Å². The SMILES string of the molecule is CCN(C)[C@H](c1ccccc1)[C@H](O)c1ccccc1. The van der Waals surface area contributed by atoms with Crippen LogP contribution in [0.4, 0.5) is 0 Å². The summed E-state index contributed by atoms with van der Waals surface area (Å²) in [5, 5.41) is 10.7. The van der Waals surface area contributed by atoms with Gasteiger partial charge in [-0.05, 0) is 24.7 Å². The van der Waals surface area contributed by atoms with E-state index in [2.05, 4.69) is 24.0 Å². The molecule has 0 heterocycles. The second-order valence-electron chi connectivity index (χ2n) is 4.78. The van der Waals surface area contributed by atoms with Crippen LogP contribution in [-0.4, -0.2) is 23.6 Å². The number of aliphatic hydroxyl groups is 1. The van der Waals surface area contributed by atoms with Crippen LogP contribution >= 0.6 is 0 Å². The molecule has 19 heavy (non-hydrogen) atoms. The third kappa shape index (κ3) is 3.22. The molecule has 2 aromatic rings. The first-order chi connectivity index (χ1) is 9.24. The molecule has 2 heteroatoms. The minimum atomic E-state index is -0.520. The Bertz CT molecular complexity index is 483. The van der Waals surface area contributed by atoms with E-state index in [4.69, 9.17) is 0 Å². The first-order valence-electron chi connectivity index (χ1n) is 6.72. The van der Waals surface area contributed by atoms with Gasteiger partial charge in [-0.1, -0.05) is 67.6 Å². The number of rotatable bonds is 5. The van der Waals surface area contributed by atoms with Crippen molar-refractivity contribution in [2.45, 2.75) is 19.1 Å². The van der Waals surface area contributed by atoms with Crippen molar-refractivity contribution in [3.8, 4) is 0 Å². The second kappa shape index (κ2) is 6.50. The van der Waals surface area contributed by atoms with E-state index < -0.39 is 6.10 Å². The van der Waals surface area contributed by atoms with Crippen molar-refractivity contribution in [1.82, 2.24) is 4.90 Å². The van der Waals surface area contributed by atoms with E-state index in [0.29, 0.717) is 0 Å². The molecule has 0 saturated heterocycles. The zero-order valence-corrected chi connectivity index (χ0v) is 11.5. The second-order valence-corrected chi connectivity index (χ2v) is 4.78. The van der Waals surface area contributed by atoms with Gasteiger partial charge in [0.15, 0.2) is 0 Å². The zero-order chi connectivity index (χ0) is 13.7. The molecule has 2 aromatic carbocycles. The summed E-state index contributed by atoms with van der Waals surface area (Å²) in [4.78, 5) is 2.17. The van der Waals surface area contributed by atoms with Gasteiger partial charge in [0, 0.05) is 0 Å². The lowest BCUT2D eigenvalue weighted by Crippen LogP contribution is -2.29. The fourth-order valence-corrected chi connectivity index (χ4v) is 2.36. The maximum Gasteiger partial charge on any atom is 0.0986 e. The average Bonchev–Trinajstić information content (AvgIpc) is 2.49. The Morgan fingerprint density at radius 1 is 0.895 bits per heavy atom. The number of likely N-dealkylation sites (N-methyl/N-ethyl adjacent to an activating group) is 1. The molecule has 0 amide bonds. The van der Waals surface area contributed by atoms with Gasteiger partial charge in [0.1, 0.15) is 0 Å². The first-order valence-corrected chi connectivity index (χ1v) is 6.72. The maximum atomic E-state index is 10.7. The van der Waals surface area contributed by atoms with Crippen LogP contribution in [0, 0.1) is 0 Å². The average molecular weight is 255 g/mol. The normalized spacial score (nSPS) is 14.3. The van der Waals surface area contributed by atoms with Gasteiger partial charge < -0.3 is 5.11 Å². The highest BCUT2D eigenvalue weighted by atomic mass is 16.3. The monoisotopic (exact) mass is 255 g/mol. The molecular weight excluding hydrogens is 234 g/mol. The van der Waals surface area contributed by atoms with Crippen LogP contribution < -0.4 is 0 Å². The molecule has 0 bridgehead atoms. The molecule has 0 fully saturated rings. The molecule has 1 N–H and O–H groups in total. The lowest BCUT2D eigenvalue weighted by Gasteiger charge is -2.31. The summed E-state index contributed by atoms with van der Waals surface area (Å²) in [6.45, 7) is 3.00. The number of aliphatic hydroxyl groups excluding tert-OH is 1. The predicted molar refractivity (Wildman–Crippen MR) is 78.9 cm³/mol. The van der Waals surface area contributed by atoms with Gasteiger partial charge in [-0.15, -0.1) is 0 Å². The summed E-state index contributed by atoms with van der Waals surface area (Å²) in [5.74, 6) is 0. The molecule has 0 aliphatic carbocycles. The summed E-state index contributed by atoms with van der Waals surface area (Å²) in [7, 11) is 2.05. The third-order valence-corrected chi connectivity index (χ3v) is 3.55. The maximum absolute atomic E-state index is 10.7. The number of benzene rings is 2. The first kappa shape index (κ1) is 13.8. The van der Waals surface area contributed by atoms with Gasteiger partial charge in [0.05, 0.1) is 12.1 Å². The van der Waals surface area contributed by atoms with Gasteiger partial charge in [-0.2, -0.15) is 0 Å². The highest BCUT2D eigenvalue weighted by Crippen LogP contribution is 2.32. The zero-order valence-electron chi connectivity index (χ0n) is 11.5. The van der Waals surface area contributed by atoms with Crippen LogP contribution in [0.1, 0.15) is 30.2 Å². The van der Waals surface area contributed by atoms with Crippen LogP contribution in [-0.2, 0) is 0 Å². The topological polar surface area (TPSA) is 23.5 Å². The molecule has 0 aliphatic heterocycles. The highest BCUT2D eigenvalue weighted by Gasteiger charge is 2.25. The molecule has 2 atom stereocenters. The van der Waals surface area contributed by atoms with Crippen LogP contribution in [0.25, 0.3) is 0 Å². The number of hydrogen-bond acceptors (Lipinski definition) is 2. The lowest BCUT2D eigenvalue weighted by atomic mass is 9.95. The lowest BCUT2D eigenvalue weighted by molar-refractivity contribution is 0.0647. The molecule has 2 rings (SSSR count). The summed E-state index contributed by atoms with van der Waals surface area (Å²) in [6.07, 6.45) is -0.520. The molecule has 2 nitrogen and oxygen atoms in total. The molecule has 0 unspecified atom stereocenters. The van der Waals surface area contributed by atoms with Crippen molar-refractivity contribution in [3.63, 3.8) is 0 Å². The molecule has 0 saturated carbocycles. The molecular formula is C17H21NO. The Morgan fingerprint density at radius 2 is 1.37 bits per heavy atom. The van der Waals surface area contributed by atoms with Gasteiger partial charge in [0.25, 0.3) is 0 Å². The Balaban J connectivity index is 2.34. The summed E-state index contributed by atoms with van der Waals surface area (Å²) >= 11 is 0. The number of nitrogens with zero attached hydrogens (tertiary/aromatic N) is 1. The van der Waals surface area contributed by atoms with Crippen LogP contribution in [0.3, 0.4) is 0 Å². The van der Waals surface area contributed by atoms with Gasteiger partial charge in [0.2, 0.25) is 0 Å². The molecule has 100 valence electrons. The van der Waals surface area contributed by atoms with Crippen molar-refractivity contribution in [3.05, 3.63) is 71.8 Å². The van der Waals surface area contributed by atoms with Crippen molar-refractivity contribution >= 4 is 0 Å². The van der Waals surface area contributed by atoms with E-state index in [-0.39, 0.29) is 6.04 Å².